The topological polar surface area (TPSA) is 23.7 Å². The average Bonchev–Trinajstić information content (AvgIpc) is 2.61. The number of rotatable bonds is 3. The first-order valence-corrected chi connectivity index (χ1v) is 7.16. The second-order valence-corrected chi connectivity index (χ2v) is 4.76. The van der Waals surface area contributed by atoms with Gasteiger partial charge in [-0.25, -0.2) is 0 Å². The summed E-state index contributed by atoms with van der Waals surface area (Å²) in [5.74, 6) is 0.579. The van der Waals surface area contributed by atoms with Crippen LogP contribution in [0.25, 0.3) is 0 Å². The zero-order valence-corrected chi connectivity index (χ0v) is 12.1. The molecule has 0 fully saturated rings. The van der Waals surface area contributed by atoms with Gasteiger partial charge in [0.2, 0.25) is 0 Å². The van der Waals surface area contributed by atoms with Gasteiger partial charge in [0.1, 0.15) is 5.56 Å². The molecule has 0 aliphatic carbocycles. The molecule has 0 aliphatic rings. The van der Waals surface area contributed by atoms with E-state index in [1.807, 2.05) is 91.0 Å². The zero-order chi connectivity index (χ0) is 15.0. The van der Waals surface area contributed by atoms with E-state index in [1.54, 1.807) is 6.29 Å². The Hall–Kier alpha value is -3.00. The molecule has 3 aromatic rings. The molecule has 0 spiro atoms. The van der Waals surface area contributed by atoms with Crippen LogP contribution >= 0.6 is 0 Å². The van der Waals surface area contributed by atoms with Crippen LogP contribution in [0.2, 0.25) is 0 Å². The quantitative estimate of drug-likeness (QED) is 0.285. The molecule has 0 bridgehead atoms. The van der Waals surface area contributed by atoms with Gasteiger partial charge in [-0.2, -0.15) is 9.42 Å². The van der Waals surface area contributed by atoms with E-state index < -0.39 is 0 Å². The molecule has 3 aromatic carbocycles. The fourth-order valence-electron chi connectivity index (χ4n) is 2.01. The van der Waals surface area contributed by atoms with Crippen LogP contribution in [0.1, 0.15) is 15.6 Å². The first-order chi connectivity index (χ1) is 10.9. The third-order valence-corrected chi connectivity index (χ3v) is 3.11. The predicted molar refractivity (Wildman–Crippen MR) is 90.9 cm³/mol. The molecule has 0 heterocycles. The maximum atomic E-state index is 5.84. The lowest BCUT2D eigenvalue weighted by atomic mass is 10.2. The van der Waals surface area contributed by atoms with Crippen LogP contribution < -0.4 is 0 Å². The van der Waals surface area contributed by atoms with Crippen molar-refractivity contribution in [2.24, 2.45) is 4.99 Å². The molecule has 0 N–H and O–H groups in total. The number of nitrogens with zero attached hydrogens (tertiary/aromatic N) is 1. The number of hydrogen-bond donors (Lipinski definition) is 0. The second kappa shape index (κ2) is 7.14. The number of hydrogen-bond acceptors (Lipinski definition) is 1. The summed E-state index contributed by atoms with van der Waals surface area (Å²) in [4.78, 5) is 4.61. The summed E-state index contributed by atoms with van der Waals surface area (Å²) in [5.41, 5.74) is 2.81. The normalized spacial score (nSPS) is 11.7. The Kier molecular flexibility index (Phi) is 4.53. The molecule has 22 heavy (non-hydrogen) atoms. The number of carbonyl (C=O) groups excluding carboxylic acids is 1. The SMILES string of the molecule is C(=[O+]C(=Nc1ccccc1)c1ccccc1)c1ccccc1. The highest BCUT2D eigenvalue weighted by Gasteiger charge is 2.14. The maximum absolute atomic E-state index is 5.84. The Morgan fingerprint density at radius 3 is 1.86 bits per heavy atom. The van der Waals surface area contributed by atoms with Gasteiger partial charge >= 0.3 is 12.2 Å². The van der Waals surface area contributed by atoms with E-state index in [2.05, 4.69) is 4.99 Å². The van der Waals surface area contributed by atoms with Gasteiger partial charge in [-0.1, -0.05) is 54.6 Å². The van der Waals surface area contributed by atoms with Crippen molar-refractivity contribution in [1.29, 1.82) is 0 Å². The molecule has 0 amide bonds. The van der Waals surface area contributed by atoms with E-state index in [4.69, 9.17) is 4.42 Å². The van der Waals surface area contributed by atoms with Crippen molar-refractivity contribution in [3.05, 3.63) is 102 Å². The molecule has 0 saturated carbocycles. The Morgan fingerprint density at radius 1 is 0.682 bits per heavy atom. The minimum Gasteiger partial charge on any atom is -0.195 e. The van der Waals surface area contributed by atoms with Gasteiger partial charge in [-0.05, 0) is 36.4 Å². The lowest BCUT2D eigenvalue weighted by molar-refractivity contribution is -0.101. The van der Waals surface area contributed by atoms with Crippen molar-refractivity contribution in [3.8, 4) is 0 Å². The lowest BCUT2D eigenvalue weighted by Crippen LogP contribution is -1.98. The lowest BCUT2D eigenvalue weighted by Gasteiger charge is -1.93. The summed E-state index contributed by atoms with van der Waals surface area (Å²) in [5, 5.41) is 0. The van der Waals surface area contributed by atoms with Gasteiger partial charge in [0.25, 0.3) is 0 Å². The highest BCUT2D eigenvalue weighted by Crippen LogP contribution is 2.13. The summed E-state index contributed by atoms with van der Waals surface area (Å²) in [6, 6.07) is 29.6. The fourth-order valence-corrected chi connectivity index (χ4v) is 2.01. The molecular formula is C20H16NO+. The Bertz CT molecular complexity index is 763. The van der Waals surface area contributed by atoms with Crippen molar-refractivity contribution in [3.63, 3.8) is 0 Å². The van der Waals surface area contributed by atoms with Crippen molar-refractivity contribution < 1.29 is 4.42 Å². The molecule has 0 aliphatic heterocycles. The number of aldehydes is 1. The summed E-state index contributed by atoms with van der Waals surface area (Å²) in [6.07, 6.45) is 1.72. The van der Waals surface area contributed by atoms with E-state index in [1.165, 1.54) is 0 Å². The highest BCUT2D eigenvalue weighted by atomic mass is 16.4. The molecular weight excluding hydrogens is 270 g/mol. The third-order valence-electron chi connectivity index (χ3n) is 3.11. The Morgan fingerprint density at radius 2 is 1.23 bits per heavy atom. The minimum absolute atomic E-state index is 0.579. The van der Waals surface area contributed by atoms with Crippen LogP contribution in [-0.4, -0.2) is 12.2 Å². The molecule has 3 rings (SSSR count). The van der Waals surface area contributed by atoms with Crippen LogP contribution in [0.3, 0.4) is 0 Å². The first kappa shape index (κ1) is 14.0. The van der Waals surface area contributed by atoms with Crippen LogP contribution in [0.15, 0.2) is 96.0 Å². The molecule has 2 nitrogen and oxygen atoms in total. The largest absolute Gasteiger partial charge is 0.459 e. The molecule has 0 saturated heterocycles. The number of benzene rings is 3. The smallest absolute Gasteiger partial charge is 0.195 e. The van der Waals surface area contributed by atoms with E-state index in [9.17, 15) is 0 Å². The number of para-hydroxylation sites is 1. The molecule has 2 heteroatoms. The van der Waals surface area contributed by atoms with Gasteiger partial charge in [0.05, 0.1) is 11.3 Å². The standard InChI is InChI=1S/C20H16NO/c1-4-10-17(11-5-1)16-22-20(18-12-6-2-7-13-18)21-19-14-8-3-9-15-19/h1-16H/q+1. The molecule has 0 atom stereocenters. The Labute approximate surface area is 130 Å². The predicted octanol–water partition coefficient (Wildman–Crippen LogP) is 4.81. The molecule has 0 radical (unpaired) electrons. The second-order valence-electron chi connectivity index (χ2n) is 4.76. The molecule has 0 unspecified atom stereocenters. The zero-order valence-electron chi connectivity index (χ0n) is 12.1. The minimum atomic E-state index is 0.579. The fraction of sp³-hybridized carbons (Fsp3) is 0. The van der Waals surface area contributed by atoms with Gasteiger partial charge in [0, 0.05) is 0 Å². The highest BCUT2D eigenvalue weighted by molar-refractivity contribution is 5.96. The van der Waals surface area contributed by atoms with Gasteiger partial charge < -0.3 is 0 Å². The first-order valence-electron chi connectivity index (χ1n) is 7.16. The average molecular weight is 286 g/mol. The summed E-state index contributed by atoms with van der Waals surface area (Å²) >= 11 is 0. The monoisotopic (exact) mass is 286 g/mol. The van der Waals surface area contributed by atoms with Crippen molar-refractivity contribution in [1.82, 2.24) is 0 Å². The molecule has 106 valence electrons. The van der Waals surface area contributed by atoms with Crippen LogP contribution in [0.5, 0.6) is 0 Å². The summed E-state index contributed by atoms with van der Waals surface area (Å²) in [6.45, 7) is 0. The van der Waals surface area contributed by atoms with E-state index >= 15 is 0 Å². The van der Waals surface area contributed by atoms with Crippen molar-refractivity contribution >= 4 is 17.9 Å². The molecule has 0 aromatic heterocycles. The van der Waals surface area contributed by atoms with Crippen molar-refractivity contribution in [2.75, 3.05) is 0 Å². The van der Waals surface area contributed by atoms with Crippen molar-refractivity contribution in [2.45, 2.75) is 0 Å². The van der Waals surface area contributed by atoms with E-state index in [0.29, 0.717) is 5.90 Å². The summed E-state index contributed by atoms with van der Waals surface area (Å²) < 4.78 is 5.84. The number of aliphatic imine (C=N–C) groups is 1. The van der Waals surface area contributed by atoms with Gasteiger partial charge in [-0.15, -0.1) is 0 Å². The van der Waals surface area contributed by atoms with E-state index in [-0.39, 0.29) is 0 Å². The summed E-state index contributed by atoms with van der Waals surface area (Å²) in [7, 11) is 0. The Balaban J connectivity index is 1.97. The van der Waals surface area contributed by atoms with Crippen LogP contribution in [0, 0.1) is 0 Å². The van der Waals surface area contributed by atoms with Gasteiger partial charge in [0.15, 0.2) is 0 Å². The third kappa shape index (κ3) is 3.76. The van der Waals surface area contributed by atoms with E-state index in [0.717, 1.165) is 16.8 Å². The van der Waals surface area contributed by atoms with Crippen LogP contribution in [0.4, 0.5) is 5.69 Å². The maximum Gasteiger partial charge on any atom is 0.459 e. The van der Waals surface area contributed by atoms with Crippen LogP contribution in [-0.2, 0) is 0 Å². The van der Waals surface area contributed by atoms with Gasteiger partial charge in [-0.3, -0.25) is 0 Å².